The Kier molecular flexibility index (Phi) is 5.29. The van der Waals surface area contributed by atoms with Crippen molar-refractivity contribution in [1.29, 1.82) is 0 Å². The second-order valence-corrected chi connectivity index (χ2v) is 8.24. The first-order chi connectivity index (χ1) is 15.8. The quantitative estimate of drug-likeness (QED) is 0.589. The Labute approximate surface area is 187 Å². The molecule has 2 fully saturated rings. The van der Waals surface area contributed by atoms with Crippen LogP contribution < -0.4 is 9.80 Å². The van der Waals surface area contributed by atoms with Crippen molar-refractivity contribution in [3.05, 3.63) is 36.2 Å². The number of carbonyl (C=O) groups is 1. The number of aryl methyl sites for hydroxylation is 1. The van der Waals surface area contributed by atoms with Gasteiger partial charge in [0, 0.05) is 51.5 Å². The van der Waals surface area contributed by atoms with E-state index in [1.807, 2.05) is 16.7 Å². The number of nitrogens with zero attached hydrogens (tertiary/aromatic N) is 8. The summed E-state index contributed by atoms with van der Waals surface area (Å²) < 4.78 is 40.7. The predicted octanol–water partition coefficient (Wildman–Crippen LogP) is 2.04. The zero-order valence-corrected chi connectivity index (χ0v) is 18.0. The van der Waals surface area contributed by atoms with Crippen LogP contribution in [0.3, 0.4) is 0 Å². The average molecular weight is 460 g/mol. The van der Waals surface area contributed by atoms with Gasteiger partial charge in [0.2, 0.25) is 5.91 Å². The van der Waals surface area contributed by atoms with E-state index in [2.05, 4.69) is 20.3 Å². The van der Waals surface area contributed by atoms with Gasteiger partial charge in [-0.3, -0.25) is 4.79 Å². The topological polar surface area (TPSA) is 83.3 Å². The molecule has 9 nitrogen and oxygen atoms in total. The lowest BCUT2D eigenvalue weighted by molar-refractivity contribution is -0.137. The van der Waals surface area contributed by atoms with Gasteiger partial charge >= 0.3 is 6.18 Å². The molecule has 2 aliphatic rings. The Hall–Kier alpha value is -3.44. The summed E-state index contributed by atoms with van der Waals surface area (Å²) in [5.74, 6) is 0.604. The predicted molar refractivity (Wildman–Crippen MR) is 115 cm³/mol. The number of anilines is 2. The summed E-state index contributed by atoms with van der Waals surface area (Å²) >= 11 is 0. The summed E-state index contributed by atoms with van der Waals surface area (Å²) in [4.78, 5) is 27.2. The first-order valence-corrected chi connectivity index (χ1v) is 10.8. The molecule has 2 saturated heterocycles. The van der Waals surface area contributed by atoms with Gasteiger partial charge in [0.15, 0.2) is 17.0 Å². The molecule has 174 valence electrons. The smallest absolute Gasteiger partial charge is 0.368 e. The van der Waals surface area contributed by atoms with Crippen LogP contribution in [-0.4, -0.2) is 75.0 Å². The largest absolute Gasteiger partial charge is 0.416 e. The molecule has 0 N–H and O–H groups in total. The van der Waals surface area contributed by atoms with Gasteiger partial charge in [-0.05, 0) is 25.1 Å². The normalized spacial score (nSPS) is 17.5. The number of fused-ring (bicyclic) bond motifs is 1. The molecule has 3 aromatic rings. The number of hydrogen-bond acceptors (Lipinski definition) is 7. The van der Waals surface area contributed by atoms with Gasteiger partial charge in [-0.2, -0.15) is 13.2 Å². The highest BCUT2D eigenvalue weighted by molar-refractivity contribution is 5.86. The minimum absolute atomic E-state index is 0.0671. The van der Waals surface area contributed by atoms with Gasteiger partial charge in [-0.15, -0.1) is 5.10 Å². The molecule has 0 aliphatic carbocycles. The van der Waals surface area contributed by atoms with Crippen LogP contribution in [0.25, 0.3) is 11.2 Å². The van der Waals surface area contributed by atoms with Crippen molar-refractivity contribution in [3.63, 3.8) is 0 Å². The Morgan fingerprint density at radius 1 is 1.09 bits per heavy atom. The molecule has 0 unspecified atom stereocenters. The summed E-state index contributed by atoms with van der Waals surface area (Å²) in [6.07, 6.45) is -2.89. The summed E-state index contributed by atoms with van der Waals surface area (Å²) in [6.45, 7) is 5.64. The van der Waals surface area contributed by atoms with Gasteiger partial charge < -0.3 is 14.7 Å². The van der Waals surface area contributed by atoms with Crippen LogP contribution in [0.1, 0.15) is 12.5 Å². The molecule has 4 heterocycles. The highest BCUT2D eigenvalue weighted by Gasteiger charge is 2.38. The molecule has 2 aromatic heterocycles. The second-order valence-electron chi connectivity index (χ2n) is 8.24. The third-order valence-corrected chi connectivity index (χ3v) is 6.24. The Bertz CT molecular complexity index is 1170. The van der Waals surface area contributed by atoms with E-state index in [4.69, 9.17) is 0 Å². The number of halogens is 3. The molecule has 1 amide bonds. The van der Waals surface area contributed by atoms with Crippen molar-refractivity contribution in [3.8, 4) is 0 Å². The van der Waals surface area contributed by atoms with Crippen LogP contribution in [0.15, 0.2) is 30.6 Å². The Morgan fingerprint density at radius 2 is 1.85 bits per heavy atom. The van der Waals surface area contributed by atoms with E-state index >= 15 is 0 Å². The second kappa shape index (κ2) is 8.16. The first kappa shape index (κ1) is 21.4. The maximum atomic E-state index is 13.0. The Balaban J connectivity index is 1.18. The number of benzene rings is 1. The van der Waals surface area contributed by atoms with Crippen molar-refractivity contribution < 1.29 is 18.0 Å². The number of carbonyl (C=O) groups excluding carboxylic acids is 1. The maximum absolute atomic E-state index is 13.0. The number of amides is 1. The lowest BCUT2D eigenvalue weighted by Gasteiger charge is -2.43. The molecule has 0 atom stereocenters. The van der Waals surface area contributed by atoms with E-state index < -0.39 is 11.7 Å². The summed E-state index contributed by atoms with van der Waals surface area (Å²) in [6, 6.07) is 5.33. The van der Waals surface area contributed by atoms with Gasteiger partial charge in [0.1, 0.15) is 6.33 Å². The van der Waals surface area contributed by atoms with Crippen molar-refractivity contribution in [2.24, 2.45) is 5.92 Å². The van der Waals surface area contributed by atoms with E-state index in [1.54, 1.807) is 15.6 Å². The molecular formula is C21H23F3N8O. The minimum atomic E-state index is -4.37. The van der Waals surface area contributed by atoms with Crippen molar-refractivity contribution in [2.75, 3.05) is 49.1 Å². The van der Waals surface area contributed by atoms with Crippen molar-refractivity contribution >= 4 is 28.6 Å². The summed E-state index contributed by atoms with van der Waals surface area (Å²) in [5.41, 5.74) is 1.16. The van der Waals surface area contributed by atoms with Crippen LogP contribution in [0, 0.1) is 5.92 Å². The molecular weight excluding hydrogens is 437 g/mol. The van der Waals surface area contributed by atoms with Crippen LogP contribution in [0.4, 0.5) is 24.7 Å². The Morgan fingerprint density at radius 3 is 2.55 bits per heavy atom. The monoisotopic (exact) mass is 460 g/mol. The lowest BCUT2D eigenvalue weighted by Crippen LogP contribution is -2.58. The van der Waals surface area contributed by atoms with E-state index in [9.17, 15) is 18.0 Å². The molecule has 12 heteroatoms. The maximum Gasteiger partial charge on any atom is 0.416 e. The molecule has 0 radical (unpaired) electrons. The number of hydrogen-bond donors (Lipinski definition) is 0. The third kappa shape index (κ3) is 3.93. The fourth-order valence-electron chi connectivity index (χ4n) is 4.35. The van der Waals surface area contributed by atoms with E-state index in [-0.39, 0.29) is 11.8 Å². The standard InChI is InChI=1S/C21H23F3N8O/c1-2-32-19-17(27-28-32)18(25-13-26-19)31-11-14(12-31)20(33)30-8-6-29(7-9-30)16-5-3-4-15(10-16)21(22,23)24/h3-5,10,13-14H,2,6-9,11-12H2,1H3. The average Bonchev–Trinajstić information content (AvgIpc) is 3.22. The SMILES string of the molecule is CCn1nnc2c(N3CC(C(=O)N4CCN(c5cccc(C(F)(F)F)c5)CC4)C3)ncnc21. The molecule has 0 spiro atoms. The van der Waals surface area contributed by atoms with E-state index in [0.29, 0.717) is 68.5 Å². The van der Waals surface area contributed by atoms with Gasteiger partial charge in [-0.25, -0.2) is 14.6 Å². The molecule has 0 bridgehead atoms. The highest BCUT2D eigenvalue weighted by atomic mass is 19.4. The molecule has 5 rings (SSSR count). The molecule has 2 aliphatic heterocycles. The first-order valence-electron chi connectivity index (χ1n) is 10.8. The van der Waals surface area contributed by atoms with Gasteiger partial charge in [0.25, 0.3) is 0 Å². The number of alkyl halides is 3. The molecule has 0 saturated carbocycles. The van der Waals surface area contributed by atoms with E-state index in [1.165, 1.54) is 18.5 Å². The number of rotatable bonds is 4. The number of aromatic nitrogens is 5. The fourth-order valence-corrected chi connectivity index (χ4v) is 4.35. The number of piperazine rings is 1. The van der Waals surface area contributed by atoms with Crippen LogP contribution in [0.5, 0.6) is 0 Å². The zero-order valence-electron chi connectivity index (χ0n) is 18.0. The third-order valence-electron chi connectivity index (χ3n) is 6.24. The minimum Gasteiger partial charge on any atom is -0.368 e. The van der Waals surface area contributed by atoms with Gasteiger partial charge in [-0.1, -0.05) is 11.3 Å². The summed E-state index contributed by atoms with van der Waals surface area (Å²) in [5, 5.41) is 8.27. The van der Waals surface area contributed by atoms with Crippen LogP contribution >= 0.6 is 0 Å². The van der Waals surface area contributed by atoms with Crippen LogP contribution in [0.2, 0.25) is 0 Å². The van der Waals surface area contributed by atoms with Crippen molar-refractivity contribution in [2.45, 2.75) is 19.6 Å². The van der Waals surface area contributed by atoms with Crippen molar-refractivity contribution in [1.82, 2.24) is 29.9 Å². The van der Waals surface area contributed by atoms with Gasteiger partial charge in [0.05, 0.1) is 11.5 Å². The van der Waals surface area contributed by atoms with Crippen LogP contribution in [-0.2, 0) is 17.5 Å². The highest BCUT2D eigenvalue weighted by Crippen LogP contribution is 2.32. The zero-order chi connectivity index (χ0) is 23.2. The lowest BCUT2D eigenvalue weighted by atomic mass is 9.98. The summed E-state index contributed by atoms with van der Waals surface area (Å²) in [7, 11) is 0. The fraction of sp³-hybridized carbons (Fsp3) is 0.476. The molecule has 33 heavy (non-hydrogen) atoms. The van der Waals surface area contributed by atoms with E-state index in [0.717, 1.165) is 6.07 Å². The molecule has 1 aromatic carbocycles.